The number of sulfonamides is 1. The zero-order valence-electron chi connectivity index (χ0n) is 11.6. The lowest BCUT2D eigenvalue weighted by Gasteiger charge is -2.07. The Morgan fingerprint density at radius 1 is 1.25 bits per heavy atom. The summed E-state index contributed by atoms with van der Waals surface area (Å²) in [4.78, 5) is 11.5. The van der Waals surface area contributed by atoms with E-state index in [-0.39, 0.29) is 11.3 Å². The van der Waals surface area contributed by atoms with Crippen LogP contribution in [-0.2, 0) is 16.6 Å². The fourth-order valence-electron chi connectivity index (χ4n) is 1.72. The largest absolute Gasteiger partial charge is 0.314 e. The molecule has 1 N–H and O–H groups in total. The van der Waals surface area contributed by atoms with Crippen LogP contribution in [0.5, 0.6) is 0 Å². The maximum atomic E-state index is 11.5. The van der Waals surface area contributed by atoms with Crippen molar-refractivity contribution in [2.75, 3.05) is 12.3 Å². The highest BCUT2D eigenvalue weighted by molar-refractivity contribution is 9.10. The Kier molecular flexibility index (Phi) is 7.47. The zero-order chi connectivity index (χ0) is 15.0. The molecule has 20 heavy (non-hydrogen) atoms. The lowest BCUT2D eigenvalue weighted by molar-refractivity contribution is 0.559. The first-order valence-electron chi connectivity index (χ1n) is 6.78. The minimum atomic E-state index is -3.13. The Morgan fingerprint density at radius 3 is 2.70 bits per heavy atom. The first-order chi connectivity index (χ1) is 9.44. The van der Waals surface area contributed by atoms with Gasteiger partial charge in [0.25, 0.3) is 5.56 Å². The summed E-state index contributed by atoms with van der Waals surface area (Å²) < 4.78 is 28.2. The lowest BCUT2D eigenvalue weighted by atomic mass is 10.3. The van der Waals surface area contributed by atoms with Gasteiger partial charge in [-0.15, -0.1) is 0 Å². The van der Waals surface area contributed by atoms with Crippen LogP contribution in [0.2, 0.25) is 0 Å². The molecular formula is C13H21BrN2O3S. The fraction of sp³-hybridized carbons (Fsp3) is 0.615. The van der Waals surface area contributed by atoms with Gasteiger partial charge in [-0.25, -0.2) is 13.1 Å². The predicted octanol–water partition coefficient (Wildman–Crippen LogP) is 2.11. The van der Waals surface area contributed by atoms with Crippen molar-refractivity contribution in [3.63, 3.8) is 0 Å². The van der Waals surface area contributed by atoms with Gasteiger partial charge in [0.15, 0.2) is 0 Å². The van der Waals surface area contributed by atoms with Crippen molar-refractivity contribution in [3.8, 4) is 0 Å². The molecule has 0 fully saturated rings. The van der Waals surface area contributed by atoms with Gasteiger partial charge >= 0.3 is 0 Å². The summed E-state index contributed by atoms with van der Waals surface area (Å²) in [5.74, 6) is 0.189. The van der Waals surface area contributed by atoms with E-state index in [1.165, 1.54) is 6.07 Å². The van der Waals surface area contributed by atoms with Crippen molar-refractivity contribution in [2.24, 2.45) is 0 Å². The zero-order valence-corrected chi connectivity index (χ0v) is 14.0. The molecule has 0 spiro atoms. The number of pyridine rings is 1. The lowest BCUT2D eigenvalue weighted by Crippen LogP contribution is -2.27. The van der Waals surface area contributed by atoms with Crippen molar-refractivity contribution < 1.29 is 8.42 Å². The van der Waals surface area contributed by atoms with Crippen LogP contribution in [0.4, 0.5) is 0 Å². The molecule has 0 saturated heterocycles. The van der Waals surface area contributed by atoms with Crippen LogP contribution in [-0.4, -0.2) is 25.3 Å². The van der Waals surface area contributed by atoms with E-state index >= 15 is 0 Å². The first-order valence-corrected chi connectivity index (χ1v) is 9.22. The predicted molar refractivity (Wildman–Crippen MR) is 84.3 cm³/mol. The molecule has 5 nitrogen and oxygen atoms in total. The number of halogens is 1. The molecule has 0 radical (unpaired) electrons. The quantitative estimate of drug-likeness (QED) is 0.682. The Balaban J connectivity index is 2.29. The van der Waals surface area contributed by atoms with Gasteiger partial charge in [0, 0.05) is 29.8 Å². The van der Waals surface area contributed by atoms with E-state index in [4.69, 9.17) is 0 Å². The molecule has 0 saturated carbocycles. The first kappa shape index (κ1) is 17.4. The highest BCUT2D eigenvalue weighted by Gasteiger charge is 2.07. The molecule has 0 aliphatic rings. The van der Waals surface area contributed by atoms with Gasteiger partial charge in [-0.2, -0.15) is 0 Å². The summed E-state index contributed by atoms with van der Waals surface area (Å²) in [5.41, 5.74) is -0.0447. The second kappa shape index (κ2) is 8.59. The van der Waals surface area contributed by atoms with Crippen molar-refractivity contribution in [2.45, 2.75) is 39.2 Å². The van der Waals surface area contributed by atoms with E-state index in [2.05, 4.69) is 20.7 Å². The molecule has 0 amide bonds. The number of unbranched alkanes of at least 4 members (excludes halogenated alkanes) is 2. The summed E-state index contributed by atoms with van der Waals surface area (Å²) in [7, 11) is -3.13. The summed E-state index contributed by atoms with van der Waals surface area (Å²) >= 11 is 3.32. The van der Waals surface area contributed by atoms with Gasteiger partial charge in [-0.1, -0.05) is 13.3 Å². The monoisotopic (exact) mass is 364 g/mol. The standard InChI is InChI=1S/C13H21BrN2O3S/c1-2-3-10-20(18,19)15-8-4-5-9-16-11-12(14)6-7-13(16)17/h6-7,11,15H,2-5,8-10H2,1H3. The number of aromatic nitrogens is 1. The van der Waals surface area contributed by atoms with Crippen LogP contribution in [0.3, 0.4) is 0 Å². The molecule has 0 aromatic carbocycles. The average Bonchev–Trinajstić information content (AvgIpc) is 2.40. The highest BCUT2D eigenvalue weighted by Crippen LogP contribution is 2.05. The summed E-state index contributed by atoms with van der Waals surface area (Å²) in [6.07, 6.45) is 4.76. The Labute approximate surface area is 128 Å². The van der Waals surface area contributed by atoms with Crippen LogP contribution in [0.25, 0.3) is 0 Å². The van der Waals surface area contributed by atoms with E-state index in [1.54, 1.807) is 16.8 Å². The normalized spacial score (nSPS) is 11.7. The minimum absolute atomic E-state index is 0.0447. The van der Waals surface area contributed by atoms with Crippen molar-refractivity contribution in [1.82, 2.24) is 9.29 Å². The molecule has 1 heterocycles. The van der Waals surface area contributed by atoms with E-state index < -0.39 is 10.0 Å². The molecule has 1 rings (SSSR count). The number of aryl methyl sites for hydroxylation is 1. The molecule has 0 atom stereocenters. The molecule has 1 aromatic heterocycles. The SMILES string of the molecule is CCCCS(=O)(=O)NCCCCn1cc(Br)ccc1=O. The number of hydrogen-bond donors (Lipinski definition) is 1. The van der Waals surface area contributed by atoms with Gasteiger partial charge in [0.1, 0.15) is 0 Å². The molecule has 7 heteroatoms. The Morgan fingerprint density at radius 2 is 2.00 bits per heavy atom. The minimum Gasteiger partial charge on any atom is -0.314 e. The van der Waals surface area contributed by atoms with Gasteiger partial charge in [0.2, 0.25) is 10.0 Å². The van der Waals surface area contributed by atoms with Gasteiger partial charge in [0.05, 0.1) is 5.75 Å². The second-order valence-electron chi connectivity index (χ2n) is 4.65. The third kappa shape index (κ3) is 6.67. The number of hydrogen-bond acceptors (Lipinski definition) is 3. The van der Waals surface area contributed by atoms with Crippen molar-refractivity contribution in [1.29, 1.82) is 0 Å². The van der Waals surface area contributed by atoms with Crippen LogP contribution < -0.4 is 10.3 Å². The van der Waals surface area contributed by atoms with Gasteiger partial charge in [-0.05, 0) is 41.3 Å². The number of nitrogens with one attached hydrogen (secondary N) is 1. The maximum Gasteiger partial charge on any atom is 0.250 e. The molecule has 1 aromatic rings. The van der Waals surface area contributed by atoms with Crippen LogP contribution in [0, 0.1) is 0 Å². The van der Waals surface area contributed by atoms with E-state index in [9.17, 15) is 13.2 Å². The molecular weight excluding hydrogens is 344 g/mol. The summed E-state index contributed by atoms with van der Waals surface area (Å²) in [6.45, 7) is 2.98. The average molecular weight is 365 g/mol. The van der Waals surface area contributed by atoms with E-state index in [0.717, 1.165) is 17.3 Å². The van der Waals surface area contributed by atoms with Crippen LogP contribution in [0.1, 0.15) is 32.6 Å². The smallest absolute Gasteiger partial charge is 0.250 e. The maximum absolute atomic E-state index is 11.5. The Bertz CT molecular complexity index is 569. The van der Waals surface area contributed by atoms with E-state index in [1.807, 2.05) is 6.92 Å². The summed E-state index contributed by atoms with van der Waals surface area (Å²) in [6, 6.07) is 3.22. The fourth-order valence-corrected chi connectivity index (χ4v) is 3.37. The molecule has 0 unspecified atom stereocenters. The van der Waals surface area contributed by atoms with Crippen LogP contribution >= 0.6 is 15.9 Å². The molecule has 0 aliphatic heterocycles. The second-order valence-corrected chi connectivity index (χ2v) is 7.49. The van der Waals surface area contributed by atoms with Gasteiger partial charge in [-0.3, -0.25) is 4.79 Å². The van der Waals surface area contributed by atoms with Crippen molar-refractivity contribution >= 4 is 26.0 Å². The molecule has 0 aliphatic carbocycles. The third-order valence-electron chi connectivity index (χ3n) is 2.86. The van der Waals surface area contributed by atoms with Crippen molar-refractivity contribution in [3.05, 3.63) is 33.2 Å². The molecule has 114 valence electrons. The Hall–Kier alpha value is -0.660. The topological polar surface area (TPSA) is 68.2 Å². The van der Waals surface area contributed by atoms with Gasteiger partial charge < -0.3 is 4.57 Å². The number of rotatable bonds is 9. The molecule has 0 bridgehead atoms. The van der Waals surface area contributed by atoms with E-state index in [0.29, 0.717) is 25.9 Å². The number of nitrogens with zero attached hydrogens (tertiary/aromatic N) is 1. The third-order valence-corrected chi connectivity index (χ3v) is 4.80. The highest BCUT2D eigenvalue weighted by atomic mass is 79.9. The van der Waals surface area contributed by atoms with Crippen LogP contribution in [0.15, 0.2) is 27.6 Å². The summed E-state index contributed by atoms with van der Waals surface area (Å²) in [5, 5.41) is 0.